The zero-order valence-corrected chi connectivity index (χ0v) is 8.41. The number of carbonyl (C=O) groups excluding carboxylic acids is 1. The summed E-state index contributed by atoms with van der Waals surface area (Å²) in [6.45, 7) is 1.69. The predicted octanol–water partition coefficient (Wildman–Crippen LogP) is 1.62. The van der Waals surface area contributed by atoms with Gasteiger partial charge in [-0.25, -0.2) is 0 Å². The van der Waals surface area contributed by atoms with Gasteiger partial charge < -0.3 is 9.47 Å². The summed E-state index contributed by atoms with van der Waals surface area (Å²) in [6.07, 6.45) is 4.67. The molecule has 0 bridgehead atoms. The summed E-state index contributed by atoms with van der Waals surface area (Å²) in [5.41, 5.74) is 0. The van der Waals surface area contributed by atoms with Crippen LogP contribution < -0.4 is 0 Å². The Morgan fingerprint density at radius 2 is 2.58 bits per heavy atom. The van der Waals surface area contributed by atoms with Crippen molar-refractivity contribution >= 4 is 21.9 Å². The molecule has 1 heterocycles. The highest BCUT2D eigenvalue weighted by Gasteiger charge is 2.15. The van der Waals surface area contributed by atoms with Crippen LogP contribution in [0.25, 0.3) is 0 Å². The third-order valence-electron chi connectivity index (χ3n) is 1.45. The van der Waals surface area contributed by atoms with Crippen LogP contribution in [0.1, 0.15) is 13.3 Å². The molecule has 68 valence electrons. The molecular weight excluding hydrogens is 224 g/mol. The highest BCUT2D eigenvalue weighted by atomic mass is 79.9. The minimum atomic E-state index is -0.274. The SMILES string of the molecule is CC(=O)OCC1C=CCC(Br)O1. The normalized spacial score (nSPS) is 28.5. The Kier molecular flexibility index (Phi) is 3.75. The fourth-order valence-corrected chi connectivity index (χ4v) is 1.42. The summed E-state index contributed by atoms with van der Waals surface area (Å²) in [7, 11) is 0. The van der Waals surface area contributed by atoms with E-state index in [9.17, 15) is 4.79 Å². The van der Waals surface area contributed by atoms with Gasteiger partial charge in [0.15, 0.2) is 0 Å². The van der Waals surface area contributed by atoms with Crippen LogP contribution >= 0.6 is 15.9 Å². The van der Waals surface area contributed by atoms with Crippen LogP contribution in [0, 0.1) is 0 Å². The lowest BCUT2D eigenvalue weighted by molar-refractivity contribution is -0.144. The van der Waals surface area contributed by atoms with Crippen LogP contribution in [0.4, 0.5) is 0 Å². The summed E-state index contributed by atoms with van der Waals surface area (Å²) in [4.78, 5) is 10.5. The molecule has 0 saturated heterocycles. The van der Waals surface area contributed by atoms with Crippen molar-refractivity contribution in [1.82, 2.24) is 0 Å². The Balaban J connectivity index is 2.28. The largest absolute Gasteiger partial charge is 0.463 e. The molecule has 0 radical (unpaired) electrons. The topological polar surface area (TPSA) is 35.5 Å². The van der Waals surface area contributed by atoms with E-state index in [1.807, 2.05) is 12.2 Å². The zero-order chi connectivity index (χ0) is 8.97. The summed E-state index contributed by atoms with van der Waals surface area (Å²) in [5.74, 6) is -0.274. The van der Waals surface area contributed by atoms with Gasteiger partial charge in [0.1, 0.15) is 17.7 Å². The lowest BCUT2D eigenvalue weighted by atomic mass is 10.2. The highest BCUT2D eigenvalue weighted by Crippen LogP contribution is 2.17. The Morgan fingerprint density at radius 3 is 3.17 bits per heavy atom. The molecule has 2 atom stereocenters. The number of carbonyl (C=O) groups is 1. The zero-order valence-electron chi connectivity index (χ0n) is 6.83. The highest BCUT2D eigenvalue weighted by molar-refractivity contribution is 9.09. The van der Waals surface area contributed by atoms with Crippen LogP contribution in [0.3, 0.4) is 0 Å². The molecule has 1 aliphatic heterocycles. The van der Waals surface area contributed by atoms with Gasteiger partial charge in [0.2, 0.25) is 0 Å². The van der Waals surface area contributed by atoms with E-state index in [-0.39, 0.29) is 17.1 Å². The minimum Gasteiger partial charge on any atom is -0.463 e. The van der Waals surface area contributed by atoms with Crippen LogP contribution in [-0.4, -0.2) is 23.7 Å². The second kappa shape index (κ2) is 4.62. The number of alkyl halides is 1. The summed E-state index contributed by atoms with van der Waals surface area (Å²) >= 11 is 3.32. The molecule has 0 amide bonds. The van der Waals surface area contributed by atoms with Crippen LogP contribution in [0.15, 0.2) is 12.2 Å². The Hall–Kier alpha value is -0.350. The first-order valence-electron chi connectivity index (χ1n) is 3.78. The number of halogens is 1. The molecule has 0 saturated carbocycles. The van der Waals surface area contributed by atoms with E-state index < -0.39 is 0 Å². The monoisotopic (exact) mass is 234 g/mol. The van der Waals surface area contributed by atoms with E-state index in [1.54, 1.807) is 0 Å². The van der Waals surface area contributed by atoms with Crippen LogP contribution in [-0.2, 0) is 14.3 Å². The molecule has 0 spiro atoms. The molecule has 0 aromatic heterocycles. The molecule has 0 aromatic carbocycles. The first-order valence-corrected chi connectivity index (χ1v) is 4.69. The van der Waals surface area contributed by atoms with E-state index in [1.165, 1.54) is 6.92 Å². The Morgan fingerprint density at radius 1 is 1.83 bits per heavy atom. The quantitative estimate of drug-likeness (QED) is 0.414. The third kappa shape index (κ3) is 3.36. The van der Waals surface area contributed by atoms with E-state index in [0.717, 1.165) is 6.42 Å². The van der Waals surface area contributed by atoms with Gasteiger partial charge in [-0.15, -0.1) is 0 Å². The fraction of sp³-hybridized carbons (Fsp3) is 0.625. The van der Waals surface area contributed by atoms with Gasteiger partial charge in [-0.2, -0.15) is 0 Å². The van der Waals surface area contributed by atoms with Gasteiger partial charge >= 0.3 is 5.97 Å². The Labute approximate surface area is 79.9 Å². The van der Waals surface area contributed by atoms with E-state index >= 15 is 0 Å². The first kappa shape index (κ1) is 9.74. The molecular formula is C8H11BrO3. The summed E-state index contributed by atoms with van der Waals surface area (Å²) < 4.78 is 10.2. The first-order chi connectivity index (χ1) is 5.68. The van der Waals surface area contributed by atoms with Crippen molar-refractivity contribution in [3.63, 3.8) is 0 Å². The van der Waals surface area contributed by atoms with E-state index in [0.29, 0.717) is 6.61 Å². The van der Waals surface area contributed by atoms with Crippen molar-refractivity contribution in [2.75, 3.05) is 6.61 Å². The summed E-state index contributed by atoms with van der Waals surface area (Å²) in [5, 5.41) is 0.0445. The molecule has 3 nitrogen and oxygen atoms in total. The number of rotatable bonds is 2. The van der Waals surface area contributed by atoms with Crippen LogP contribution in [0.5, 0.6) is 0 Å². The lowest BCUT2D eigenvalue weighted by Crippen LogP contribution is -2.25. The predicted molar refractivity (Wildman–Crippen MR) is 48.0 cm³/mol. The molecule has 12 heavy (non-hydrogen) atoms. The van der Waals surface area contributed by atoms with E-state index in [2.05, 4.69) is 15.9 Å². The van der Waals surface area contributed by atoms with Gasteiger partial charge in [-0.1, -0.05) is 28.1 Å². The molecule has 1 rings (SSSR count). The van der Waals surface area contributed by atoms with Crippen molar-refractivity contribution in [2.45, 2.75) is 24.5 Å². The molecule has 4 heteroatoms. The van der Waals surface area contributed by atoms with Gasteiger partial charge in [-0.3, -0.25) is 4.79 Å². The van der Waals surface area contributed by atoms with Gasteiger partial charge in [0.25, 0.3) is 0 Å². The maximum Gasteiger partial charge on any atom is 0.302 e. The van der Waals surface area contributed by atoms with Crippen molar-refractivity contribution in [3.05, 3.63) is 12.2 Å². The Bertz CT molecular complexity index is 191. The smallest absolute Gasteiger partial charge is 0.302 e. The lowest BCUT2D eigenvalue weighted by Gasteiger charge is -2.21. The van der Waals surface area contributed by atoms with Crippen LogP contribution in [0.2, 0.25) is 0 Å². The average molecular weight is 235 g/mol. The number of hydrogen-bond donors (Lipinski definition) is 0. The van der Waals surface area contributed by atoms with Gasteiger partial charge in [0, 0.05) is 13.3 Å². The number of ether oxygens (including phenoxy) is 2. The van der Waals surface area contributed by atoms with Gasteiger partial charge in [0.05, 0.1) is 0 Å². The minimum absolute atomic E-state index is 0.0445. The maximum atomic E-state index is 10.5. The second-order valence-corrected chi connectivity index (χ2v) is 3.57. The molecule has 2 unspecified atom stereocenters. The maximum absolute atomic E-state index is 10.5. The molecule has 0 aromatic rings. The molecule has 1 aliphatic rings. The third-order valence-corrected chi connectivity index (χ3v) is 2.04. The van der Waals surface area contributed by atoms with Gasteiger partial charge in [-0.05, 0) is 0 Å². The number of hydrogen-bond acceptors (Lipinski definition) is 3. The standard InChI is InChI=1S/C8H11BrO3/c1-6(10)11-5-7-3-2-4-8(9)12-7/h2-3,7-8H,4-5H2,1H3. The van der Waals surface area contributed by atoms with Crippen molar-refractivity contribution in [2.24, 2.45) is 0 Å². The molecule has 0 aliphatic carbocycles. The van der Waals surface area contributed by atoms with Crippen molar-refractivity contribution < 1.29 is 14.3 Å². The number of esters is 1. The molecule has 0 N–H and O–H groups in total. The molecule has 0 fully saturated rings. The van der Waals surface area contributed by atoms with E-state index in [4.69, 9.17) is 9.47 Å². The van der Waals surface area contributed by atoms with Crippen molar-refractivity contribution in [1.29, 1.82) is 0 Å². The van der Waals surface area contributed by atoms with Crippen molar-refractivity contribution in [3.8, 4) is 0 Å². The average Bonchev–Trinajstić information content (AvgIpc) is 2.01. The summed E-state index contributed by atoms with van der Waals surface area (Å²) in [6, 6.07) is 0. The fourth-order valence-electron chi connectivity index (χ4n) is 0.922. The second-order valence-electron chi connectivity index (χ2n) is 2.55.